The van der Waals surface area contributed by atoms with Gasteiger partial charge in [0.05, 0.1) is 12.4 Å². The number of methoxy groups -OCH3 is 1. The molecule has 0 aromatic carbocycles. The fraction of sp³-hybridized carbons (Fsp3) is 0.778. The molecular formula is C9H18N2O6S. The summed E-state index contributed by atoms with van der Waals surface area (Å²) in [6, 6.07) is -1.81. The lowest BCUT2D eigenvalue weighted by molar-refractivity contribution is -0.140. The van der Waals surface area contributed by atoms with Gasteiger partial charge in [-0.05, 0) is 6.42 Å². The van der Waals surface area contributed by atoms with Crippen LogP contribution in [0.15, 0.2) is 0 Å². The minimum Gasteiger partial charge on any atom is -0.480 e. The van der Waals surface area contributed by atoms with Crippen LogP contribution in [0.4, 0.5) is 4.79 Å². The summed E-state index contributed by atoms with van der Waals surface area (Å²) in [6.45, 7) is 0.00428. The third kappa shape index (κ3) is 8.76. The Hall–Kier alpha value is -1.35. The Labute approximate surface area is 106 Å². The van der Waals surface area contributed by atoms with Crippen LogP contribution in [-0.2, 0) is 19.4 Å². The molecule has 8 nitrogen and oxygen atoms in total. The number of urea groups is 1. The minimum atomic E-state index is -3.05. The second-order valence-corrected chi connectivity index (χ2v) is 5.99. The van der Waals surface area contributed by atoms with Crippen LogP contribution in [0.1, 0.15) is 6.42 Å². The van der Waals surface area contributed by atoms with E-state index in [1.54, 1.807) is 0 Å². The number of hydrogen-bond acceptors (Lipinski definition) is 5. The first-order valence-electron chi connectivity index (χ1n) is 5.20. The zero-order valence-electron chi connectivity index (χ0n) is 10.3. The van der Waals surface area contributed by atoms with Gasteiger partial charge in [-0.25, -0.2) is 18.0 Å². The van der Waals surface area contributed by atoms with Gasteiger partial charge in [0.2, 0.25) is 0 Å². The Balaban J connectivity index is 3.92. The van der Waals surface area contributed by atoms with Crippen molar-refractivity contribution < 1.29 is 27.9 Å². The highest BCUT2D eigenvalue weighted by molar-refractivity contribution is 7.90. The number of sulfone groups is 1. The molecule has 0 rings (SSSR count). The summed E-state index contributed by atoms with van der Waals surface area (Å²) in [5, 5.41) is 13.3. The van der Waals surface area contributed by atoms with Gasteiger partial charge >= 0.3 is 12.0 Å². The molecule has 0 aliphatic rings. The van der Waals surface area contributed by atoms with Crippen LogP contribution in [0, 0.1) is 0 Å². The summed E-state index contributed by atoms with van der Waals surface area (Å²) in [4.78, 5) is 22.0. The number of amides is 2. The molecule has 2 amide bonds. The van der Waals surface area contributed by atoms with Gasteiger partial charge in [0.25, 0.3) is 0 Å². The molecule has 0 fully saturated rings. The topological polar surface area (TPSA) is 122 Å². The van der Waals surface area contributed by atoms with Crippen LogP contribution in [0.25, 0.3) is 0 Å². The molecule has 0 aliphatic heterocycles. The van der Waals surface area contributed by atoms with Gasteiger partial charge < -0.3 is 20.5 Å². The molecule has 106 valence electrons. The lowest BCUT2D eigenvalue weighted by Crippen LogP contribution is -2.48. The summed E-state index contributed by atoms with van der Waals surface area (Å²) in [6.07, 6.45) is 1.38. The fourth-order valence-electron chi connectivity index (χ4n) is 1.09. The zero-order valence-corrected chi connectivity index (χ0v) is 11.1. The normalized spacial score (nSPS) is 12.8. The van der Waals surface area contributed by atoms with Gasteiger partial charge in [-0.3, -0.25) is 0 Å². The summed E-state index contributed by atoms with van der Waals surface area (Å²) >= 11 is 0. The van der Waals surface area contributed by atoms with Crippen molar-refractivity contribution in [1.29, 1.82) is 0 Å². The van der Waals surface area contributed by atoms with Crippen molar-refractivity contribution in [1.82, 2.24) is 10.6 Å². The highest BCUT2D eigenvalue weighted by atomic mass is 32.2. The second-order valence-electron chi connectivity index (χ2n) is 3.73. The maximum atomic E-state index is 11.3. The highest BCUT2D eigenvalue weighted by Crippen LogP contribution is 1.88. The van der Waals surface area contributed by atoms with Crippen LogP contribution in [-0.4, -0.2) is 63.8 Å². The lowest BCUT2D eigenvalue weighted by Gasteiger charge is -2.14. The second kappa shape index (κ2) is 7.88. The average Bonchev–Trinajstić information content (AvgIpc) is 2.22. The summed E-state index contributed by atoms with van der Waals surface area (Å²) in [7, 11) is -1.73. The van der Waals surface area contributed by atoms with Crippen molar-refractivity contribution in [3.63, 3.8) is 0 Å². The first-order valence-corrected chi connectivity index (χ1v) is 7.26. The summed E-state index contributed by atoms with van der Waals surface area (Å²) in [5.74, 6) is -1.24. The van der Waals surface area contributed by atoms with Gasteiger partial charge in [-0.2, -0.15) is 0 Å². The lowest BCUT2D eigenvalue weighted by atomic mass is 10.3. The van der Waals surface area contributed by atoms with E-state index in [0.717, 1.165) is 6.26 Å². The molecule has 0 bridgehead atoms. The number of carboxylic acids is 1. The SMILES string of the molecule is COCC(NC(=O)NCCCS(C)(=O)=O)C(=O)O. The van der Waals surface area contributed by atoms with E-state index < -0.39 is 27.9 Å². The van der Waals surface area contributed by atoms with E-state index in [9.17, 15) is 18.0 Å². The molecule has 0 saturated carbocycles. The highest BCUT2D eigenvalue weighted by Gasteiger charge is 2.19. The van der Waals surface area contributed by atoms with Crippen molar-refractivity contribution in [2.75, 3.05) is 32.3 Å². The monoisotopic (exact) mass is 282 g/mol. The predicted molar refractivity (Wildman–Crippen MR) is 64.2 cm³/mol. The van der Waals surface area contributed by atoms with Crippen LogP contribution in [0.2, 0.25) is 0 Å². The van der Waals surface area contributed by atoms with Crippen LogP contribution in [0.3, 0.4) is 0 Å². The smallest absolute Gasteiger partial charge is 0.328 e. The van der Waals surface area contributed by atoms with Crippen LogP contribution < -0.4 is 10.6 Å². The summed E-state index contributed by atoms with van der Waals surface area (Å²) in [5.41, 5.74) is 0. The maximum absolute atomic E-state index is 11.3. The van der Waals surface area contributed by atoms with E-state index >= 15 is 0 Å². The third-order valence-corrected chi connectivity index (χ3v) is 2.94. The number of hydrogen-bond donors (Lipinski definition) is 3. The van der Waals surface area contributed by atoms with Crippen molar-refractivity contribution in [3.8, 4) is 0 Å². The van der Waals surface area contributed by atoms with E-state index in [1.807, 2.05) is 0 Å². The van der Waals surface area contributed by atoms with Crippen LogP contribution in [0.5, 0.6) is 0 Å². The molecule has 0 aromatic rings. The number of carbonyl (C=O) groups excluding carboxylic acids is 1. The molecule has 0 aliphatic carbocycles. The van der Waals surface area contributed by atoms with Gasteiger partial charge in [0, 0.05) is 19.9 Å². The molecular weight excluding hydrogens is 264 g/mol. The van der Waals surface area contributed by atoms with Gasteiger partial charge in [0.1, 0.15) is 9.84 Å². The molecule has 0 heterocycles. The first-order chi connectivity index (χ1) is 8.26. The number of aliphatic carboxylic acids is 1. The molecule has 1 atom stereocenters. The molecule has 0 saturated heterocycles. The van der Waals surface area contributed by atoms with Crippen molar-refractivity contribution in [2.45, 2.75) is 12.5 Å². The average molecular weight is 282 g/mol. The maximum Gasteiger partial charge on any atom is 0.328 e. The van der Waals surface area contributed by atoms with E-state index in [2.05, 4.69) is 15.4 Å². The van der Waals surface area contributed by atoms with Crippen molar-refractivity contribution >= 4 is 21.8 Å². The van der Waals surface area contributed by atoms with E-state index in [-0.39, 0.29) is 25.3 Å². The van der Waals surface area contributed by atoms with E-state index in [0.29, 0.717) is 0 Å². The van der Waals surface area contributed by atoms with Gasteiger partial charge in [0.15, 0.2) is 6.04 Å². The molecule has 1 unspecified atom stereocenters. The Morgan fingerprint density at radius 1 is 1.39 bits per heavy atom. The standard InChI is InChI=1S/C9H18N2O6S/c1-17-6-7(8(12)13)11-9(14)10-4-3-5-18(2,15)16/h7H,3-6H2,1-2H3,(H,12,13)(H2,10,11,14). The number of carboxylic acid groups (broad SMARTS) is 1. The van der Waals surface area contributed by atoms with E-state index in [1.165, 1.54) is 7.11 Å². The molecule has 9 heteroatoms. The van der Waals surface area contributed by atoms with E-state index in [4.69, 9.17) is 5.11 Å². The zero-order chi connectivity index (χ0) is 14.2. The Morgan fingerprint density at radius 2 is 2.00 bits per heavy atom. The fourth-order valence-corrected chi connectivity index (χ4v) is 1.76. The van der Waals surface area contributed by atoms with Crippen LogP contribution >= 0.6 is 0 Å². The largest absolute Gasteiger partial charge is 0.480 e. The Kier molecular flexibility index (Phi) is 7.29. The predicted octanol–water partition coefficient (Wildman–Crippen LogP) is -1.18. The molecule has 18 heavy (non-hydrogen) atoms. The molecule has 0 spiro atoms. The van der Waals surface area contributed by atoms with Crippen molar-refractivity contribution in [2.24, 2.45) is 0 Å². The van der Waals surface area contributed by atoms with Gasteiger partial charge in [-0.15, -0.1) is 0 Å². The Bertz CT molecular complexity index is 381. The number of rotatable bonds is 8. The van der Waals surface area contributed by atoms with Crippen molar-refractivity contribution in [3.05, 3.63) is 0 Å². The first kappa shape index (κ1) is 16.6. The number of ether oxygens (including phenoxy) is 1. The minimum absolute atomic E-state index is 0.0340. The molecule has 3 N–H and O–H groups in total. The quantitative estimate of drug-likeness (QED) is 0.482. The third-order valence-electron chi connectivity index (χ3n) is 1.91. The van der Waals surface area contributed by atoms with Gasteiger partial charge in [-0.1, -0.05) is 0 Å². The summed E-state index contributed by atoms with van der Waals surface area (Å²) < 4.78 is 26.2. The molecule has 0 aromatic heterocycles. The number of carbonyl (C=O) groups is 2. The Morgan fingerprint density at radius 3 is 2.44 bits per heavy atom. The molecule has 0 radical (unpaired) electrons. The number of nitrogens with one attached hydrogen (secondary N) is 2.